The van der Waals surface area contributed by atoms with Crippen molar-refractivity contribution in [3.05, 3.63) is 71.0 Å². The predicted molar refractivity (Wildman–Crippen MR) is 140 cm³/mol. The van der Waals surface area contributed by atoms with Gasteiger partial charge in [-0.05, 0) is 82.0 Å². The van der Waals surface area contributed by atoms with Gasteiger partial charge < -0.3 is 4.42 Å². The summed E-state index contributed by atoms with van der Waals surface area (Å²) >= 11 is 0. The Hall–Kier alpha value is -3.20. The van der Waals surface area contributed by atoms with Gasteiger partial charge in [-0.25, -0.2) is 4.57 Å². The van der Waals surface area contributed by atoms with Crippen LogP contribution >= 0.6 is 0 Å². The van der Waals surface area contributed by atoms with Crippen LogP contribution in [0, 0.1) is 13.8 Å². The minimum Gasteiger partial charge on any atom is -0.455 e. The molecular formula is C31H33N2O+. The molecule has 0 atom stereocenters. The number of hydrogen-bond donors (Lipinski definition) is 0. The number of hydrogen-bond acceptors (Lipinski definition) is 2. The van der Waals surface area contributed by atoms with Crippen molar-refractivity contribution in [3.8, 4) is 11.4 Å². The van der Waals surface area contributed by atoms with E-state index in [4.69, 9.17) is 8.53 Å². The lowest BCUT2D eigenvalue weighted by molar-refractivity contribution is -0.663. The van der Waals surface area contributed by atoms with E-state index in [9.17, 15) is 0 Å². The second-order valence-electron chi connectivity index (χ2n) is 11.3. The molecule has 3 aromatic carbocycles. The van der Waals surface area contributed by atoms with Crippen LogP contribution in [-0.2, 0) is 17.9 Å². The molecule has 6 rings (SSSR count). The Morgan fingerprint density at radius 3 is 2.53 bits per heavy atom. The van der Waals surface area contributed by atoms with Gasteiger partial charge in [0, 0.05) is 20.4 Å². The Labute approximate surface area is 205 Å². The summed E-state index contributed by atoms with van der Waals surface area (Å²) in [6.45, 7) is 9.27. The summed E-state index contributed by atoms with van der Waals surface area (Å²) < 4.78 is 31.6. The number of furan rings is 1. The van der Waals surface area contributed by atoms with Gasteiger partial charge in [0.2, 0.25) is 0 Å². The van der Waals surface area contributed by atoms with Crippen molar-refractivity contribution < 1.29 is 13.1 Å². The van der Waals surface area contributed by atoms with Gasteiger partial charge in [-0.1, -0.05) is 52.0 Å². The molecule has 2 heterocycles. The zero-order chi connectivity index (χ0) is 26.5. The molecule has 0 spiro atoms. The van der Waals surface area contributed by atoms with Crippen LogP contribution in [-0.4, -0.2) is 4.98 Å². The van der Waals surface area contributed by atoms with Crippen molar-refractivity contribution in [3.63, 3.8) is 0 Å². The number of aromatic nitrogens is 2. The van der Waals surface area contributed by atoms with Crippen molar-refractivity contribution >= 4 is 32.7 Å². The lowest BCUT2D eigenvalue weighted by Gasteiger charge is -2.42. The molecule has 0 bridgehead atoms. The van der Waals surface area contributed by atoms with Crippen LogP contribution in [0.1, 0.15) is 66.9 Å². The molecule has 3 heteroatoms. The SMILES string of the molecule is [2H]C([2H])([2H])c1cnc(-c2c(C)ccc3c2oc2cc4c5c(ccc4cc23)C(C)(C)CCC5(C)C)[n+](C)c1. The van der Waals surface area contributed by atoms with E-state index in [1.165, 1.54) is 34.5 Å². The Kier molecular flexibility index (Phi) is 3.69. The van der Waals surface area contributed by atoms with Gasteiger partial charge in [0.1, 0.15) is 17.3 Å². The van der Waals surface area contributed by atoms with Crippen molar-refractivity contribution in [2.24, 2.45) is 7.05 Å². The smallest absolute Gasteiger partial charge is 0.334 e. The second-order valence-corrected chi connectivity index (χ2v) is 11.3. The fourth-order valence-electron chi connectivity index (χ4n) is 5.98. The third-order valence-corrected chi connectivity index (χ3v) is 7.99. The molecule has 0 fully saturated rings. The molecule has 0 saturated heterocycles. The van der Waals surface area contributed by atoms with Gasteiger partial charge in [0.25, 0.3) is 0 Å². The van der Waals surface area contributed by atoms with E-state index in [1.807, 2.05) is 14.0 Å². The average Bonchev–Trinajstić information content (AvgIpc) is 3.17. The molecule has 5 aromatic rings. The quantitative estimate of drug-likeness (QED) is 0.245. The lowest BCUT2D eigenvalue weighted by atomic mass is 9.62. The second kappa shape index (κ2) is 6.91. The Balaban J connectivity index is 1.64. The van der Waals surface area contributed by atoms with Crippen LogP contribution < -0.4 is 4.57 Å². The summed E-state index contributed by atoms with van der Waals surface area (Å²) in [5, 5.41) is 4.62. The van der Waals surface area contributed by atoms with Gasteiger partial charge in [-0.15, -0.1) is 0 Å². The highest BCUT2D eigenvalue weighted by Crippen LogP contribution is 2.49. The van der Waals surface area contributed by atoms with Crippen LogP contribution in [0.25, 0.3) is 44.1 Å². The summed E-state index contributed by atoms with van der Waals surface area (Å²) in [5.41, 5.74) is 6.90. The monoisotopic (exact) mass is 452 g/mol. The van der Waals surface area contributed by atoms with Crippen LogP contribution in [0.2, 0.25) is 0 Å². The summed E-state index contributed by atoms with van der Waals surface area (Å²) in [5.74, 6) is 0.681. The molecule has 1 aliphatic carbocycles. The fraction of sp³-hybridized carbons (Fsp3) is 0.355. The van der Waals surface area contributed by atoms with E-state index < -0.39 is 6.85 Å². The summed E-state index contributed by atoms with van der Waals surface area (Å²) in [7, 11) is 1.84. The van der Waals surface area contributed by atoms with Crippen molar-refractivity contribution in [2.75, 3.05) is 0 Å². The van der Waals surface area contributed by atoms with Crippen molar-refractivity contribution in [1.82, 2.24) is 4.98 Å². The number of fused-ring (bicyclic) bond motifs is 6. The number of rotatable bonds is 1. The summed E-state index contributed by atoms with van der Waals surface area (Å²) in [6, 6.07) is 13.3. The molecule has 1 aliphatic rings. The van der Waals surface area contributed by atoms with Gasteiger partial charge in [0.05, 0.1) is 13.2 Å². The third-order valence-electron chi connectivity index (χ3n) is 7.99. The summed E-state index contributed by atoms with van der Waals surface area (Å²) in [6.07, 6.45) is 5.43. The molecule has 0 saturated carbocycles. The lowest BCUT2D eigenvalue weighted by Crippen LogP contribution is -2.34. The first kappa shape index (κ1) is 18.2. The molecule has 0 unspecified atom stereocenters. The highest BCUT2D eigenvalue weighted by molar-refractivity contribution is 6.13. The van der Waals surface area contributed by atoms with Crippen LogP contribution in [0.3, 0.4) is 0 Å². The van der Waals surface area contributed by atoms with Gasteiger partial charge in [0.15, 0.2) is 5.58 Å². The highest BCUT2D eigenvalue weighted by Gasteiger charge is 2.38. The average molecular weight is 453 g/mol. The molecule has 0 aliphatic heterocycles. The molecular weight excluding hydrogens is 416 g/mol. The highest BCUT2D eigenvalue weighted by atomic mass is 16.3. The van der Waals surface area contributed by atoms with E-state index in [2.05, 4.69) is 69.1 Å². The molecule has 34 heavy (non-hydrogen) atoms. The largest absolute Gasteiger partial charge is 0.455 e. The van der Waals surface area contributed by atoms with Crippen molar-refractivity contribution in [2.45, 2.75) is 65.1 Å². The number of aryl methyl sites for hydroxylation is 3. The maximum atomic E-state index is 7.74. The Morgan fingerprint density at radius 2 is 1.76 bits per heavy atom. The normalized spacial score (nSPS) is 18.6. The zero-order valence-corrected chi connectivity index (χ0v) is 20.8. The van der Waals surface area contributed by atoms with E-state index >= 15 is 0 Å². The van der Waals surface area contributed by atoms with Crippen LogP contribution in [0.15, 0.2) is 53.2 Å². The first-order valence-corrected chi connectivity index (χ1v) is 12.1. The standard InChI is InChI=1S/C31H33N2O/c1-18-16-32-29(33(7)17-18)26-19(2)8-10-21-23-14-20-9-11-24-27(22(20)15-25(23)34-28(21)26)31(5,6)13-12-30(24,3)4/h8-11,14-17H,12-13H2,1-7H3/q+1/i1D3. The van der Waals surface area contributed by atoms with Crippen molar-refractivity contribution in [1.29, 1.82) is 0 Å². The number of nitrogens with zero attached hydrogens (tertiary/aromatic N) is 2. The van der Waals surface area contributed by atoms with Gasteiger partial charge >= 0.3 is 5.82 Å². The summed E-state index contributed by atoms with van der Waals surface area (Å²) in [4.78, 5) is 4.59. The molecule has 0 amide bonds. The van der Waals surface area contributed by atoms with Gasteiger partial charge in [-0.2, -0.15) is 0 Å². The maximum absolute atomic E-state index is 7.74. The van der Waals surface area contributed by atoms with Crippen LogP contribution in [0.4, 0.5) is 0 Å². The first-order valence-electron chi connectivity index (χ1n) is 13.6. The predicted octanol–water partition coefficient (Wildman–Crippen LogP) is 7.59. The topological polar surface area (TPSA) is 29.9 Å². The molecule has 2 aromatic heterocycles. The van der Waals surface area contributed by atoms with E-state index in [0.29, 0.717) is 5.82 Å². The Morgan fingerprint density at radius 1 is 0.971 bits per heavy atom. The molecule has 3 nitrogen and oxygen atoms in total. The maximum Gasteiger partial charge on any atom is 0.334 e. The third kappa shape index (κ3) is 2.95. The fourth-order valence-corrected chi connectivity index (χ4v) is 5.98. The minimum atomic E-state index is -2.20. The molecule has 172 valence electrons. The zero-order valence-electron chi connectivity index (χ0n) is 23.8. The number of benzene rings is 3. The van der Waals surface area contributed by atoms with Crippen LogP contribution in [0.5, 0.6) is 0 Å². The van der Waals surface area contributed by atoms with E-state index in [1.54, 1.807) is 10.8 Å². The molecule has 0 radical (unpaired) electrons. The van der Waals surface area contributed by atoms with E-state index in [-0.39, 0.29) is 16.4 Å². The Bertz CT molecular complexity index is 1740. The van der Waals surface area contributed by atoms with E-state index in [0.717, 1.165) is 39.5 Å². The first-order chi connectivity index (χ1) is 17.3. The van der Waals surface area contributed by atoms with Gasteiger partial charge in [-0.3, -0.25) is 0 Å². The minimum absolute atomic E-state index is 0.0913. The molecule has 0 N–H and O–H groups in total.